The number of anilines is 2. The van der Waals surface area contributed by atoms with Crippen LogP contribution in [-0.4, -0.2) is 22.6 Å². The van der Waals surface area contributed by atoms with Gasteiger partial charge in [-0.1, -0.05) is 19.9 Å². The summed E-state index contributed by atoms with van der Waals surface area (Å²) in [6.45, 7) is 8.99. The molecule has 0 atom stereocenters. The quantitative estimate of drug-likeness (QED) is 0.856. The Labute approximate surface area is 129 Å². The molecular weight excluding hydrogens is 284 g/mol. The first-order valence-electron chi connectivity index (χ1n) is 6.95. The molecule has 0 fully saturated rings. The maximum Gasteiger partial charge on any atom is 0.242 e. The standard InChI is InChI=1S/C15H22N4OS/c1-10(2)20-14-12(16)13(18-9-19-14)17-8-15(3,4)11-6-5-7-21-11/h5-7,9-10H,8,16H2,1-4H3,(H,17,18,19). The number of ether oxygens (including phenoxy) is 1. The van der Waals surface area contributed by atoms with Crippen molar-refractivity contribution in [2.75, 3.05) is 17.6 Å². The van der Waals surface area contributed by atoms with Crippen molar-refractivity contribution < 1.29 is 4.74 Å². The zero-order valence-electron chi connectivity index (χ0n) is 12.9. The Morgan fingerprint density at radius 2 is 2.14 bits per heavy atom. The van der Waals surface area contributed by atoms with Gasteiger partial charge in [-0.25, -0.2) is 4.98 Å². The fourth-order valence-electron chi connectivity index (χ4n) is 1.89. The molecule has 5 nitrogen and oxygen atoms in total. The molecule has 2 aromatic heterocycles. The van der Waals surface area contributed by atoms with Crippen LogP contribution in [0.25, 0.3) is 0 Å². The minimum atomic E-state index is 0.00459. The van der Waals surface area contributed by atoms with Gasteiger partial charge in [-0.3, -0.25) is 0 Å². The van der Waals surface area contributed by atoms with Crippen molar-refractivity contribution in [2.45, 2.75) is 39.2 Å². The minimum Gasteiger partial charge on any atom is -0.473 e. The van der Waals surface area contributed by atoms with Crippen molar-refractivity contribution in [3.63, 3.8) is 0 Å². The molecular formula is C15H22N4OS. The Kier molecular flexibility index (Phi) is 4.67. The SMILES string of the molecule is CC(C)Oc1ncnc(NCC(C)(C)c2cccs2)c1N. The largest absolute Gasteiger partial charge is 0.473 e. The van der Waals surface area contributed by atoms with Crippen LogP contribution >= 0.6 is 11.3 Å². The molecule has 6 heteroatoms. The third-order valence-corrected chi connectivity index (χ3v) is 4.32. The van der Waals surface area contributed by atoms with Gasteiger partial charge < -0.3 is 15.8 Å². The van der Waals surface area contributed by atoms with Gasteiger partial charge in [-0.05, 0) is 25.3 Å². The summed E-state index contributed by atoms with van der Waals surface area (Å²) in [5, 5.41) is 5.39. The van der Waals surface area contributed by atoms with Crippen LogP contribution in [0.5, 0.6) is 5.88 Å². The second-order valence-corrected chi connectivity index (χ2v) is 6.77. The first-order valence-corrected chi connectivity index (χ1v) is 7.83. The number of thiophene rings is 1. The van der Waals surface area contributed by atoms with Crippen LogP contribution in [0.1, 0.15) is 32.6 Å². The number of hydrogen-bond donors (Lipinski definition) is 2. The van der Waals surface area contributed by atoms with E-state index < -0.39 is 0 Å². The summed E-state index contributed by atoms with van der Waals surface area (Å²) in [6.07, 6.45) is 1.49. The first kappa shape index (κ1) is 15.6. The lowest BCUT2D eigenvalue weighted by molar-refractivity contribution is 0.234. The summed E-state index contributed by atoms with van der Waals surface area (Å²) in [5.41, 5.74) is 6.53. The Bertz CT molecular complexity index is 581. The maximum absolute atomic E-state index is 6.07. The van der Waals surface area contributed by atoms with E-state index in [0.29, 0.717) is 17.4 Å². The summed E-state index contributed by atoms with van der Waals surface area (Å²) in [4.78, 5) is 9.60. The molecule has 0 saturated carbocycles. The van der Waals surface area contributed by atoms with E-state index in [9.17, 15) is 0 Å². The molecule has 0 spiro atoms. The molecule has 21 heavy (non-hydrogen) atoms. The average Bonchev–Trinajstić information content (AvgIpc) is 2.94. The van der Waals surface area contributed by atoms with Crippen LogP contribution in [0.2, 0.25) is 0 Å². The molecule has 0 amide bonds. The zero-order valence-corrected chi connectivity index (χ0v) is 13.7. The number of nitrogens with two attached hydrogens (primary N) is 1. The molecule has 0 radical (unpaired) electrons. The predicted octanol–water partition coefficient (Wildman–Crippen LogP) is 3.30. The van der Waals surface area contributed by atoms with Gasteiger partial charge in [0.15, 0.2) is 5.82 Å². The first-order chi connectivity index (χ1) is 9.90. The molecule has 2 rings (SSSR count). The Morgan fingerprint density at radius 1 is 1.38 bits per heavy atom. The molecule has 0 bridgehead atoms. The highest BCUT2D eigenvalue weighted by Gasteiger charge is 2.22. The molecule has 0 saturated heterocycles. The van der Waals surface area contributed by atoms with Crippen LogP contribution in [0, 0.1) is 0 Å². The van der Waals surface area contributed by atoms with Gasteiger partial charge in [-0.2, -0.15) is 4.98 Å². The van der Waals surface area contributed by atoms with E-state index in [1.165, 1.54) is 11.2 Å². The van der Waals surface area contributed by atoms with Crippen LogP contribution in [0.4, 0.5) is 11.5 Å². The van der Waals surface area contributed by atoms with Crippen molar-refractivity contribution in [3.05, 3.63) is 28.7 Å². The van der Waals surface area contributed by atoms with E-state index in [0.717, 1.165) is 6.54 Å². The van der Waals surface area contributed by atoms with Gasteiger partial charge in [0.05, 0.1) is 6.10 Å². The lowest BCUT2D eigenvalue weighted by Crippen LogP contribution is -2.27. The smallest absolute Gasteiger partial charge is 0.242 e. The highest BCUT2D eigenvalue weighted by Crippen LogP contribution is 2.30. The van der Waals surface area contributed by atoms with Crippen molar-refractivity contribution in [2.24, 2.45) is 0 Å². The van der Waals surface area contributed by atoms with Gasteiger partial charge in [-0.15, -0.1) is 11.3 Å². The van der Waals surface area contributed by atoms with Gasteiger partial charge in [0.1, 0.15) is 12.0 Å². The normalized spacial score (nSPS) is 11.7. The van der Waals surface area contributed by atoms with E-state index >= 15 is 0 Å². The molecule has 114 valence electrons. The molecule has 2 aromatic rings. The monoisotopic (exact) mass is 306 g/mol. The van der Waals surface area contributed by atoms with Crippen molar-refractivity contribution in [1.29, 1.82) is 0 Å². The van der Waals surface area contributed by atoms with Gasteiger partial charge in [0.2, 0.25) is 5.88 Å². The molecule has 3 N–H and O–H groups in total. The highest BCUT2D eigenvalue weighted by molar-refractivity contribution is 7.10. The van der Waals surface area contributed by atoms with E-state index in [1.54, 1.807) is 11.3 Å². The van der Waals surface area contributed by atoms with Crippen molar-refractivity contribution in [1.82, 2.24) is 9.97 Å². The number of nitrogen functional groups attached to an aromatic ring is 1. The fourth-order valence-corrected chi connectivity index (χ4v) is 2.75. The molecule has 0 aromatic carbocycles. The Hall–Kier alpha value is -1.82. The van der Waals surface area contributed by atoms with E-state index in [4.69, 9.17) is 10.5 Å². The van der Waals surface area contributed by atoms with E-state index in [-0.39, 0.29) is 11.5 Å². The van der Waals surface area contributed by atoms with Crippen LogP contribution in [0.3, 0.4) is 0 Å². The van der Waals surface area contributed by atoms with Crippen LogP contribution in [0.15, 0.2) is 23.8 Å². The third-order valence-electron chi connectivity index (χ3n) is 3.08. The van der Waals surface area contributed by atoms with Crippen LogP contribution in [-0.2, 0) is 5.41 Å². The summed E-state index contributed by atoms with van der Waals surface area (Å²) in [7, 11) is 0. The van der Waals surface area contributed by atoms with E-state index in [1.807, 2.05) is 13.8 Å². The second-order valence-electron chi connectivity index (χ2n) is 5.82. The number of rotatable bonds is 6. The average molecular weight is 306 g/mol. The number of nitrogens with one attached hydrogen (secondary N) is 1. The molecule has 0 aliphatic carbocycles. The number of hydrogen-bond acceptors (Lipinski definition) is 6. The van der Waals surface area contributed by atoms with E-state index in [2.05, 4.69) is 46.6 Å². The number of nitrogens with zero attached hydrogens (tertiary/aromatic N) is 2. The van der Waals surface area contributed by atoms with Gasteiger partial charge in [0, 0.05) is 16.8 Å². The topological polar surface area (TPSA) is 73.1 Å². The predicted molar refractivity (Wildman–Crippen MR) is 88.0 cm³/mol. The van der Waals surface area contributed by atoms with Gasteiger partial charge >= 0.3 is 0 Å². The summed E-state index contributed by atoms with van der Waals surface area (Å²) >= 11 is 1.75. The van der Waals surface area contributed by atoms with Crippen molar-refractivity contribution >= 4 is 22.8 Å². The molecule has 2 heterocycles. The lowest BCUT2D eigenvalue weighted by atomic mass is 9.91. The lowest BCUT2D eigenvalue weighted by Gasteiger charge is -2.24. The Morgan fingerprint density at radius 3 is 2.76 bits per heavy atom. The fraction of sp³-hybridized carbons (Fsp3) is 0.467. The number of aromatic nitrogens is 2. The summed E-state index contributed by atoms with van der Waals surface area (Å²) < 4.78 is 5.58. The molecule has 0 unspecified atom stereocenters. The summed E-state index contributed by atoms with van der Waals surface area (Å²) in [6, 6.07) is 4.21. The highest BCUT2D eigenvalue weighted by atomic mass is 32.1. The summed E-state index contributed by atoms with van der Waals surface area (Å²) in [5.74, 6) is 1.04. The maximum atomic E-state index is 6.07. The van der Waals surface area contributed by atoms with Crippen LogP contribution < -0.4 is 15.8 Å². The second kappa shape index (κ2) is 6.30. The minimum absolute atomic E-state index is 0.00459. The van der Waals surface area contributed by atoms with Gasteiger partial charge in [0.25, 0.3) is 0 Å². The zero-order chi connectivity index (χ0) is 15.5. The molecule has 0 aliphatic rings. The van der Waals surface area contributed by atoms with Crippen molar-refractivity contribution in [3.8, 4) is 5.88 Å². The Balaban J connectivity index is 2.10. The molecule has 0 aliphatic heterocycles. The third kappa shape index (κ3) is 3.85.